The van der Waals surface area contributed by atoms with Crippen molar-refractivity contribution < 1.29 is 36.3 Å². The number of hydrogen-bond acceptors (Lipinski definition) is 2. The molecular formula is C15H21HgO2. The monoisotopic (exact) mass is 435 g/mol. The van der Waals surface area contributed by atoms with Gasteiger partial charge in [-0.15, -0.1) is 0 Å². The van der Waals surface area contributed by atoms with E-state index in [9.17, 15) is 10.2 Å². The zero-order valence-corrected chi connectivity index (χ0v) is 17.2. The van der Waals surface area contributed by atoms with E-state index in [0.29, 0.717) is 31.9 Å². The molecule has 2 nitrogen and oxygen atoms in total. The molecule has 1 unspecified atom stereocenters. The van der Waals surface area contributed by atoms with Crippen LogP contribution < -0.4 is 0 Å². The van der Waals surface area contributed by atoms with Crippen molar-refractivity contribution in [2.45, 2.75) is 54.5 Å². The Kier molecular flexibility index (Phi) is 3.35. The Morgan fingerprint density at radius 3 is 2.22 bits per heavy atom. The maximum absolute atomic E-state index is 10.6. The standard InChI is InChI=1S/C15H21O2.Hg/c1-10-5-6-12(13(16)9-10)14(3)7-8-15(4,17)11(14)2;/h5-6,9,16-17H,7-8H2,1-4H3;/t14-,15+;/m1./s1. The average molecular weight is 434 g/mol. The molecule has 1 aliphatic rings. The van der Waals surface area contributed by atoms with Gasteiger partial charge in [-0.2, -0.15) is 0 Å². The van der Waals surface area contributed by atoms with Crippen LogP contribution in [0.25, 0.3) is 0 Å². The van der Waals surface area contributed by atoms with Crippen molar-refractivity contribution in [2.75, 3.05) is 0 Å². The molecule has 1 aromatic rings. The third-order valence-electron chi connectivity index (χ3n) is 5.27. The SMILES string of the molecule is Cc1ccc([C@]2(C)CC[C@](C)(O)[C]2(C)[Hg])c(O)c1. The average Bonchev–Trinajstić information content (AvgIpc) is 2.40. The molecule has 0 aromatic heterocycles. The summed E-state index contributed by atoms with van der Waals surface area (Å²) in [4.78, 5) is 0. The van der Waals surface area contributed by atoms with Crippen LogP contribution in [-0.4, -0.2) is 15.8 Å². The first-order chi connectivity index (χ1) is 8.12. The molecule has 18 heavy (non-hydrogen) atoms. The van der Waals surface area contributed by atoms with E-state index in [4.69, 9.17) is 0 Å². The van der Waals surface area contributed by atoms with Crippen molar-refractivity contribution in [2.24, 2.45) is 0 Å². The molecule has 2 rings (SSSR count). The van der Waals surface area contributed by atoms with E-state index >= 15 is 0 Å². The minimum atomic E-state index is -0.609. The predicted molar refractivity (Wildman–Crippen MR) is 68.4 cm³/mol. The van der Waals surface area contributed by atoms with Gasteiger partial charge in [0.05, 0.1) is 0 Å². The first kappa shape index (κ1) is 14.3. The van der Waals surface area contributed by atoms with E-state index in [1.165, 1.54) is 0 Å². The summed E-state index contributed by atoms with van der Waals surface area (Å²) in [5, 5.41) is 20.9. The minimum absolute atomic E-state index is 0.0766. The summed E-state index contributed by atoms with van der Waals surface area (Å²) >= 11 is 0.418. The summed E-state index contributed by atoms with van der Waals surface area (Å²) in [5.41, 5.74) is 1.35. The number of aromatic hydroxyl groups is 1. The van der Waals surface area contributed by atoms with Gasteiger partial charge in [-0.05, 0) is 0 Å². The van der Waals surface area contributed by atoms with Gasteiger partial charge in [-0.1, -0.05) is 0 Å². The molecule has 0 spiro atoms. The fourth-order valence-corrected chi connectivity index (χ4v) is 5.29. The summed E-state index contributed by atoms with van der Waals surface area (Å²) < 4.78 is -0.0766. The van der Waals surface area contributed by atoms with Gasteiger partial charge in [0, 0.05) is 0 Å². The summed E-state index contributed by atoms with van der Waals surface area (Å²) in [6.45, 7) is 8.32. The number of aliphatic hydroxyl groups is 1. The van der Waals surface area contributed by atoms with E-state index in [1.54, 1.807) is 0 Å². The summed E-state index contributed by atoms with van der Waals surface area (Å²) in [5.74, 6) is 0.381. The number of phenolic OH excluding ortho intramolecular Hbond substituents is 1. The molecule has 0 amide bonds. The van der Waals surface area contributed by atoms with Crippen LogP contribution in [-0.2, 0) is 31.5 Å². The second-order valence-corrected chi connectivity index (χ2v) is 12.0. The number of hydrogen-bond donors (Lipinski definition) is 2. The van der Waals surface area contributed by atoms with Crippen LogP contribution in [0.2, 0.25) is 2.92 Å². The van der Waals surface area contributed by atoms with Gasteiger partial charge in [0.2, 0.25) is 0 Å². The Bertz CT molecular complexity index is 479. The fourth-order valence-electron chi connectivity index (χ4n) is 3.18. The molecule has 1 aliphatic carbocycles. The number of phenols is 1. The van der Waals surface area contributed by atoms with Crippen LogP contribution in [0.15, 0.2) is 18.2 Å². The maximum atomic E-state index is 10.6. The molecule has 1 fully saturated rings. The molecular weight excluding hydrogens is 413 g/mol. The molecule has 0 aliphatic heterocycles. The van der Waals surface area contributed by atoms with Crippen molar-refractivity contribution in [3.8, 4) is 5.75 Å². The van der Waals surface area contributed by atoms with Crippen LogP contribution >= 0.6 is 0 Å². The quantitative estimate of drug-likeness (QED) is 0.668. The van der Waals surface area contributed by atoms with Crippen LogP contribution in [0.4, 0.5) is 0 Å². The van der Waals surface area contributed by atoms with Crippen LogP contribution in [0.5, 0.6) is 5.75 Å². The van der Waals surface area contributed by atoms with Crippen molar-refractivity contribution >= 4 is 0 Å². The van der Waals surface area contributed by atoms with Crippen molar-refractivity contribution in [3.63, 3.8) is 0 Å². The molecule has 95 valence electrons. The fraction of sp³-hybridized carbons (Fsp3) is 0.600. The van der Waals surface area contributed by atoms with Gasteiger partial charge >= 0.3 is 126 Å². The Morgan fingerprint density at radius 1 is 1.17 bits per heavy atom. The van der Waals surface area contributed by atoms with Crippen molar-refractivity contribution in [1.82, 2.24) is 0 Å². The molecule has 3 heteroatoms. The molecule has 3 atom stereocenters. The molecule has 0 radical (unpaired) electrons. The Labute approximate surface area is 125 Å². The van der Waals surface area contributed by atoms with E-state index in [2.05, 4.69) is 19.9 Å². The Hall–Kier alpha value is -0.0849. The van der Waals surface area contributed by atoms with Gasteiger partial charge in [0.1, 0.15) is 0 Å². The third kappa shape index (κ3) is 1.84. The van der Waals surface area contributed by atoms with Crippen molar-refractivity contribution in [3.05, 3.63) is 29.3 Å². The summed E-state index contributed by atoms with van der Waals surface area (Å²) in [7, 11) is 0. The first-order valence-corrected chi connectivity index (χ1v) is 9.24. The second kappa shape index (κ2) is 4.21. The third-order valence-corrected chi connectivity index (χ3v) is 11.3. The Morgan fingerprint density at radius 2 is 1.78 bits per heavy atom. The molecule has 2 N–H and O–H groups in total. The zero-order chi connectivity index (χ0) is 13.8. The first-order valence-electron chi connectivity index (χ1n) is 6.50. The van der Waals surface area contributed by atoms with Crippen LogP contribution in [0, 0.1) is 6.92 Å². The van der Waals surface area contributed by atoms with Crippen molar-refractivity contribution in [1.29, 1.82) is 0 Å². The molecule has 0 saturated heterocycles. The van der Waals surface area contributed by atoms with Gasteiger partial charge in [-0.25, -0.2) is 0 Å². The van der Waals surface area contributed by atoms with Crippen LogP contribution in [0.1, 0.15) is 44.7 Å². The van der Waals surface area contributed by atoms with E-state index in [0.717, 1.165) is 24.0 Å². The molecule has 1 saturated carbocycles. The Balaban J connectivity index is 2.56. The molecule has 0 heterocycles. The van der Waals surface area contributed by atoms with Gasteiger partial charge in [0.25, 0.3) is 0 Å². The normalized spacial score (nSPS) is 40.2. The second-order valence-electron chi connectivity index (χ2n) is 6.46. The van der Waals surface area contributed by atoms with E-state index < -0.39 is 5.60 Å². The number of rotatable bonds is 1. The van der Waals surface area contributed by atoms with Crippen LogP contribution in [0.3, 0.4) is 0 Å². The zero-order valence-electron chi connectivity index (χ0n) is 11.7. The van der Waals surface area contributed by atoms with Gasteiger partial charge < -0.3 is 0 Å². The number of aryl methyl sites for hydroxylation is 1. The van der Waals surface area contributed by atoms with Gasteiger partial charge in [0.15, 0.2) is 0 Å². The topological polar surface area (TPSA) is 40.5 Å². The predicted octanol–water partition coefficient (Wildman–Crippen LogP) is 3.23. The van der Waals surface area contributed by atoms with E-state index in [1.807, 2.05) is 26.0 Å². The molecule has 1 aromatic carbocycles. The summed E-state index contributed by atoms with van der Waals surface area (Å²) in [6.07, 6.45) is 1.76. The number of benzene rings is 1. The van der Waals surface area contributed by atoms with Gasteiger partial charge in [-0.3, -0.25) is 0 Å². The summed E-state index contributed by atoms with van der Waals surface area (Å²) in [6, 6.07) is 5.92. The van der Waals surface area contributed by atoms with E-state index in [-0.39, 0.29) is 8.34 Å². The molecule has 0 bridgehead atoms.